The van der Waals surface area contributed by atoms with E-state index in [2.05, 4.69) is 0 Å². The van der Waals surface area contributed by atoms with E-state index in [0.29, 0.717) is 36.8 Å². The Morgan fingerprint density at radius 3 is 2.68 bits per heavy atom. The van der Waals surface area contributed by atoms with Crippen molar-refractivity contribution in [3.05, 3.63) is 34.7 Å². The number of imide groups is 1. The number of carbonyl (C=O) groups is 2. The molecule has 116 valence electrons. The quantitative estimate of drug-likeness (QED) is 0.855. The Balaban J connectivity index is 1.75. The van der Waals surface area contributed by atoms with Crippen molar-refractivity contribution in [1.82, 2.24) is 9.80 Å². The summed E-state index contributed by atoms with van der Waals surface area (Å²) in [6.45, 7) is 2.93. The van der Waals surface area contributed by atoms with Crippen LogP contribution in [0.15, 0.2) is 29.2 Å². The zero-order chi connectivity index (χ0) is 15.5. The molecule has 0 radical (unpaired) electrons. The van der Waals surface area contributed by atoms with Crippen molar-refractivity contribution in [1.29, 1.82) is 0 Å². The monoisotopic (exact) mass is 320 g/mol. The number of carbonyl (C=O) groups excluding carboxylic acids is 2. The lowest BCUT2D eigenvalue weighted by atomic mass is 10.2. The average molecular weight is 320 g/mol. The minimum atomic E-state index is -0.315. The van der Waals surface area contributed by atoms with Crippen LogP contribution in [0.25, 0.3) is 6.08 Å². The van der Waals surface area contributed by atoms with Crippen molar-refractivity contribution < 1.29 is 19.4 Å². The second-order valence-corrected chi connectivity index (χ2v) is 6.03. The predicted octanol–water partition coefficient (Wildman–Crippen LogP) is 1.72. The van der Waals surface area contributed by atoms with Crippen LogP contribution in [-0.4, -0.2) is 59.0 Å². The normalized spacial score (nSPS) is 21.8. The van der Waals surface area contributed by atoms with E-state index in [1.165, 1.54) is 4.90 Å². The molecule has 1 aromatic rings. The fourth-order valence-electron chi connectivity index (χ4n) is 2.32. The third-order valence-electron chi connectivity index (χ3n) is 3.54. The van der Waals surface area contributed by atoms with Crippen LogP contribution in [0.5, 0.6) is 5.75 Å². The third-order valence-corrected chi connectivity index (χ3v) is 4.45. The standard InChI is InChI=1S/C15H16N2O4S/c18-12-4-2-1-3-11(12)9-13-14(19)17(15(20)22-13)10-16-5-7-21-8-6-16/h1-4,9,18H,5-8,10H2/b13-9+. The molecule has 0 unspecified atom stereocenters. The molecule has 1 aromatic carbocycles. The lowest BCUT2D eigenvalue weighted by Gasteiger charge is -2.29. The highest BCUT2D eigenvalue weighted by Crippen LogP contribution is 2.33. The molecule has 2 aliphatic rings. The summed E-state index contributed by atoms with van der Waals surface area (Å²) in [5.74, 6) is -0.229. The first kappa shape index (κ1) is 15.1. The first-order valence-corrected chi connectivity index (χ1v) is 7.80. The maximum Gasteiger partial charge on any atom is 0.294 e. The van der Waals surface area contributed by atoms with Crippen LogP contribution in [-0.2, 0) is 9.53 Å². The van der Waals surface area contributed by atoms with Gasteiger partial charge >= 0.3 is 0 Å². The van der Waals surface area contributed by atoms with Gasteiger partial charge in [0.15, 0.2) is 0 Å². The minimum absolute atomic E-state index is 0.0856. The number of hydrogen-bond acceptors (Lipinski definition) is 6. The van der Waals surface area contributed by atoms with Crippen molar-refractivity contribution in [3.63, 3.8) is 0 Å². The fraction of sp³-hybridized carbons (Fsp3) is 0.333. The maximum absolute atomic E-state index is 12.4. The van der Waals surface area contributed by atoms with Gasteiger partial charge in [-0.25, -0.2) is 0 Å². The molecule has 2 aliphatic heterocycles. The molecule has 0 aromatic heterocycles. The molecular weight excluding hydrogens is 304 g/mol. The molecule has 0 aliphatic carbocycles. The summed E-state index contributed by atoms with van der Waals surface area (Å²) < 4.78 is 5.26. The highest BCUT2D eigenvalue weighted by molar-refractivity contribution is 8.18. The van der Waals surface area contributed by atoms with Crippen LogP contribution in [0.1, 0.15) is 5.56 Å². The number of para-hydroxylation sites is 1. The molecule has 6 nitrogen and oxygen atoms in total. The SMILES string of the molecule is O=C1S/C(=C/c2ccccc2O)C(=O)N1CN1CCOCC1. The van der Waals surface area contributed by atoms with E-state index in [4.69, 9.17) is 4.74 Å². The topological polar surface area (TPSA) is 70.1 Å². The number of benzene rings is 1. The van der Waals surface area contributed by atoms with Gasteiger partial charge in [-0.05, 0) is 23.9 Å². The minimum Gasteiger partial charge on any atom is -0.507 e. The molecule has 0 spiro atoms. The number of phenols is 1. The summed E-state index contributed by atoms with van der Waals surface area (Å²) in [4.78, 5) is 28.0. The second-order valence-electron chi connectivity index (χ2n) is 5.04. The van der Waals surface area contributed by atoms with Gasteiger partial charge in [-0.3, -0.25) is 19.4 Å². The molecule has 0 bridgehead atoms. The molecule has 1 N–H and O–H groups in total. The number of morpholine rings is 1. The predicted molar refractivity (Wildman–Crippen MR) is 83.2 cm³/mol. The highest BCUT2D eigenvalue weighted by atomic mass is 32.2. The lowest BCUT2D eigenvalue weighted by Crippen LogP contribution is -2.45. The van der Waals surface area contributed by atoms with Crippen LogP contribution in [0.4, 0.5) is 4.79 Å². The van der Waals surface area contributed by atoms with Gasteiger partial charge in [-0.15, -0.1) is 0 Å². The number of ether oxygens (including phenoxy) is 1. The molecular formula is C15H16N2O4S. The van der Waals surface area contributed by atoms with E-state index in [9.17, 15) is 14.7 Å². The second kappa shape index (κ2) is 6.51. The number of nitrogens with zero attached hydrogens (tertiary/aromatic N) is 2. The Labute approximate surface area is 132 Å². The molecule has 3 rings (SSSR count). The largest absolute Gasteiger partial charge is 0.507 e. The van der Waals surface area contributed by atoms with Crippen LogP contribution in [0.2, 0.25) is 0 Å². The van der Waals surface area contributed by atoms with Crippen molar-refractivity contribution in [2.24, 2.45) is 0 Å². The Hall–Kier alpha value is -1.83. The van der Waals surface area contributed by atoms with E-state index in [-0.39, 0.29) is 23.6 Å². The van der Waals surface area contributed by atoms with Gasteiger partial charge in [0.1, 0.15) is 5.75 Å². The van der Waals surface area contributed by atoms with E-state index >= 15 is 0 Å². The number of aromatic hydroxyl groups is 1. The van der Waals surface area contributed by atoms with Crippen LogP contribution >= 0.6 is 11.8 Å². The molecule has 2 heterocycles. The molecule has 7 heteroatoms. The van der Waals surface area contributed by atoms with Crippen LogP contribution in [0, 0.1) is 0 Å². The Bertz CT molecular complexity index is 626. The summed E-state index contributed by atoms with van der Waals surface area (Å²) in [5, 5.41) is 9.48. The van der Waals surface area contributed by atoms with Gasteiger partial charge in [0, 0.05) is 18.7 Å². The molecule has 2 amide bonds. The number of rotatable bonds is 3. The van der Waals surface area contributed by atoms with Gasteiger partial charge in [0.25, 0.3) is 11.1 Å². The average Bonchev–Trinajstić information content (AvgIpc) is 2.78. The summed E-state index contributed by atoms with van der Waals surface area (Å²) in [5.41, 5.74) is 0.527. The summed E-state index contributed by atoms with van der Waals surface area (Å²) in [6, 6.07) is 6.72. The summed E-state index contributed by atoms with van der Waals surface area (Å²) >= 11 is 0.903. The Kier molecular flexibility index (Phi) is 4.47. The van der Waals surface area contributed by atoms with Crippen molar-refractivity contribution in [3.8, 4) is 5.75 Å². The molecule has 0 saturated carbocycles. The third kappa shape index (κ3) is 3.16. The van der Waals surface area contributed by atoms with Crippen molar-refractivity contribution in [2.45, 2.75) is 0 Å². The van der Waals surface area contributed by atoms with Gasteiger partial charge in [0.2, 0.25) is 0 Å². The van der Waals surface area contributed by atoms with Crippen LogP contribution in [0.3, 0.4) is 0 Å². The summed E-state index contributed by atoms with van der Waals surface area (Å²) in [6.07, 6.45) is 1.56. The molecule has 2 saturated heterocycles. The number of hydrogen-bond donors (Lipinski definition) is 1. The Morgan fingerprint density at radius 2 is 1.95 bits per heavy atom. The van der Waals surface area contributed by atoms with Crippen LogP contribution < -0.4 is 0 Å². The Morgan fingerprint density at radius 1 is 1.23 bits per heavy atom. The van der Waals surface area contributed by atoms with Gasteiger partial charge < -0.3 is 9.84 Å². The summed E-state index contributed by atoms with van der Waals surface area (Å²) in [7, 11) is 0. The van der Waals surface area contributed by atoms with Gasteiger partial charge in [0.05, 0.1) is 24.8 Å². The fourth-order valence-corrected chi connectivity index (χ4v) is 3.14. The first-order valence-electron chi connectivity index (χ1n) is 6.98. The molecule has 0 atom stereocenters. The molecule has 2 fully saturated rings. The van der Waals surface area contributed by atoms with E-state index < -0.39 is 0 Å². The number of phenolic OH excluding ortho intramolecular Hbond substituents is 1. The van der Waals surface area contributed by atoms with E-state index in [1.54, 1.807) is 30.3 Å². The van der Waals surface area contributed by atoms with Gasteiger partial charge in [-0.1, -0.05) is 18.2 Å². The molecule has 22 heavy (non-hydrogen) atoms. The highest BCUT2D eigenvalue weighted by Gasteiger charge is 2.36. The zero-order valence-electron chi connectivity index (χ0n) is 11.9. The smallest absolute Gasteiger partial charge is 0.294 e. The first-order chi connectivity index (χ1) is 10.6. The number of amides is 2. The van der Waals surface area contributed by atoms with Crippen molar-refractivity contribution in [2.75, 3.05) is 33.0 Å². The zero-order valence-corrected chi connectivity index (χ0v) is 12.7. The van der Waals surface area contributed by atoms with Gasteiger partial charge in [-0.2, -0.15) is 0 Å². The lowest BCUT2D eigenvalue weighted by molar-refractivity contribution is -0.125. The van der Waals surface area contributed by atoms with E-state index in [1.807, 2.05) is 4.90 Å². The maximum atomic E-state index is 12.4. The van der Waals surface area contributed by atoms with Crippen molar-refractivity contribution >= 4 is 29.0 Å². The van der Waals surface area contributed by atoms with E-state index in [0.717, 1.165) is 11.8 Å². The number of thioether (sulfide) groups is 1.